The largest absolute Gasteiger partial charge is 0.493 e. The smallest absolute Gasteiger partial charge is 0.119 e. The topological polar surface area (TPSA) is 48.1 Å². The van der Waals surface area contributed by atoms with Crippen molar-refractivity contribution < 1.29 is 4.74 Å². The molecule has 0 fully saturated rings. The molecular formula is C20H24N2OS. The summed E-state index contributed by atoms with van der Waals surface area (Å²) in [7, 11) is 0. The van der Waals surface area contributed by atoms with Crippen molar-refractivity contribution in [2.75, 3.05) is 13.2 Å². The first kappa shape index (κ1) is 16.9. The number of thiazole rings is 1. The Labute approximate surface area is 147 Å². The highest BCUT2D eigenvalue weighted by molar-refractivity contribution is 7.18. The van der Waals surface area contributed by atoms with Crippen molar-refractivity contribution in [2.45, 2.75) is 26.2 Å². The van der Waals surface area contributed by atoms with E-state index in [2.05, 4.69) is 44.2 Å². The second-order valence-corrected chi connectivity index (χ2v) is 7.57. The van der Waals surface area contributed by atoms with Gasteiger partial charge in [0.05, 0.1) is 21.8 Å². The summed E-state index contributed by atoms with van der Waals surface area (Å²) < 4.78 is 6.97. The number of hydrogen-bond donors (Lipinski definition) is 1. The second kappa shape index (κ2) is 7.77. The van der Waals surface area contributed by atoms with E-state index in [1.165, 1.54) is 10.3 Å². The number of nitrogens with two attached hydrogens (primary N) is 1. The standard InChI is InChI=1S/C20H24N2OS/c1-14(2)13-23-17-9-7-15(8-10-17)11-16(12-21)20-22-18-5-3-4-6-19(18)24-20/h3-10,14,16H,11-13,21H2,1-2H3. The fourth-order valence-electron chi connectivity index (χ4n) is 2.61. The Balaban J connectivity index is 1.70. The maximum Gasteiger partial charge on any atom is 0.119 e. The van der Waals surface area contributed by atoms with Crippen molar-refractivity contribution in [3.05, 3.63) is 59.1 Å². The zero-order valence-electron chi connectivity index (χ0n) is 14.2. The van der Waals surface area contributed by atoms with E-state index in [4.69, 9.17) is 15.5 Å². The molecule has 2 aromatic carbocycles. The number of aromatic nitrogens is 1. The molecule has 2 N–H and O–H groups in total. The Kier molecular flexibility index (Phi) is 5.48. The molecule has 0 bridgehead atoms. The fourth-order valence-corrected chi connectivity index (χ4v) is 3.69. The molecule has 0 aliphatic carbocycles. The van der Waals surface area contributed by atoms with Crippen LogP contribution in [0.25, 0.3) is 10.2 Å². The van der Waals surface area contributed by atoms with Crippen LogP contribution in [0, 0.1) is 5.92 Å². The van der Waals surface area contributed by atoms with Gasteiger partial charge in [0.1, 0.15) is 5.75 Å². The molecule has 0 aliphatic heterocycles. The second-order valence-electron chi connectivity index (χ2n) is 6.51. The lowest BCUT2D eigenvalue weighted by molar-refractivity contribution is 0.271. The van der Waals surface area contributed by atoms with Crippen LogP contribution in [0.1, 0.15) is 30.3 Å². The molecule has 0 aliphatic rings. The maximum atomic E-state index is 6.03. The van der Waals surface area contributed by atoms with Crippen LogP contribution < -0.4 is 10.5 Å². The van der Waals surface area contributed by atoms with Crippen LogP contribution in [0.3, 0.4) is 0 Å². The average Bonchev–Trinajstić information content (AvgIpc) is 3.02. The van der Waals surface area contributed by atoms with Crippen LogP contribution in [-0.4, -0.2) is 18.1 Å². The zero-order valence-corrected chi connectivity index (χ0v) is 15.1. The van der Waals surface area contributed by atoms with E-state index in [0.717, 1.165) is 29.3 Å². The van der Waals surface area contributed by atoms with Crippen LogP contribution in [0.5, 0.6) is 5.75 Å². The minimum atomic E-state index is 0.254. The lowest BCUT2D eigenvalue weighted by atomic mass is 10.00. The number of benzene rings is 2. The third-order valence-electron chi connectivity index (χ3n) is 3.93. The van der Waals surface area contributed by atoms with Gasteiger partial charge >= 0.3 is 0 Å². The SMILES string of the molecule is CC(C)COc1ccc(CC(CN)c2nc3ccccc3s2)cc1. The van der Waals surface area contributed by atoms with Crippen molar-refractivity contribution in [3.8, 4) is 5.75 Å². The van der Waals surface area contributed by atoms with Gasteiger partial charge < -0.3 is 10.5 Å². The van der Waals surface area contributed by atoms with Crippen molar-refractivity contribution in [2.24, 2.45) is 11.7 Å². The summed E-state index contributed by atoms with van der Waals surface area (Å²) in [6.45, 7) is 5.65. The Morgan fingerprint density at radius 1 is 1.08 bits per heavy atom. The highest BCUT2D eigenvalue weighted by Crippen LogP contribution is 2.29. The molecule has 24 heavy (non-hydrogen) atoms. The molecule has 3 rings (SSSR count). The molecule has 0 radical (unpaired) electrons. The van der Waals surface area contributed by atoms with Gasteiger partial charge in [-0.2, -0.15) is 0 Å². The number of hydrogen-bond acceptors (Lipinski definition) is 4. The molecule has 1 aromatic heterocycles. The van der Waals surface area contributed by atoms with Crippen molar-refractivity contribution in [3.63, 3.8) is 0 Å². The van der Waals surface area contributed by atoms with Gasteiger partial charge in [-0.3, -0.25) is 0 Å². The number of rotatable bonds is 7. The molecule has 1 unspecified atom stereocenters. The van der Waals surface area contributed by atoms with Crippen molar-refractivity contribution in [1.29, 1.82) is 0 Å². The fraction of sp³-hybridized carbons (Fsp3) is 0.350. The summed E-state index contributed by atoms with van der Waals surface area (Å²) in [4.78, 5) is 4.76. The molecule has 3 nitrogen and oxygen atoms in total. The number of ether oxygens (including phenoxy) is 1. The summed E-state index contributed by atoms with van der Waals surface area (Å²) in [6, 6.07) is 16.6. The molecule has 0 saturated heterocycles. The first-order valence-electron chi connectivity index (χ1n) is 8.43. The van der Waals surface area contributed by atoms with E-state index in [1.807, 2.05) is 18.2 Å². The van der Waals surface area contributed by atoms with Gasteiger partial charge in [0.15, 0.2) is 0 Å². The summed E-state index contributed by atoms with van der Waals surface area (Å²) in [5.41, 5.74) is 8.36. The molecule has 0 amide bonds. The molecular weight excluding hydrogens is 316 g/mol. The summed E-state index contributed by atoms with van der Waals surface area (Å²) >= 11 is 1.75. The highest BCUT2D eigenvalue weighted by Gasteiger charge is 2.15. The molecule has 1 atom stereocenters. The Bertz CT molecular complexity index is 747. The molecule has 1 heterocycles. The lowest BCUT2D eigenvalue weighted by Crippen LogP contribution is -2.14. The molecule has 3 aromatic rings. The number of para-hydroxylation sites is 1. The first-order valence-corrected chi connectivity index (χ1v) is 9.24. The lowest BCUT2D eigenvalue weighted by Gasteiger charge is -2.13. The Morgan fingerprint density at radius 3 is 2.50 bits per heavy atom. The summed E-state index contributed by atoms with van der Waals surface area (Å²) in [5, 5.41) is 1.12. The van der Waals surface area contributed by atoms with Crippen molar-refractivity contribution in [1.82, 2.24) is 4.98 Å². The minimum absolute atomic E-state index is 0.254. The van der Waals surface area contributed by atoms with Crippen LogP contribution in [0.15, 0.2) is 48.5 Å². The van der Waals surface area contributed by atoms with Crippen molar-refractivity contribution >= 4 is 21.6 Å². The first-order chi connectivity index (χ1) is 11.7. The molecule has 0 saturated carbocycles. The maximum absolute atomic E-state index is 6.03. The van der Waals surface area contributed by atoms with Gasteiger partial charge in [-0.05, 0) is 42.2 Å². The van der Waals surface area contributed by atoms with Crippen LogP contribution >= 0.6 is 11.3 Å². The zero-order chi connectivity index (χ0) is 16.9. The summed E-state index contributed by atoms with van der Waals surface area (Å²) in [5.74, 6) is 1.71. The van der Waals surface area contributed by atoms with E-state index in [9.17, 15) is 0 Å². The third kappa shape index (κ3) is 4.13. The van der Waals surface area contributed by atoms with Gasteiger partial charge in [-0.1, -0.05) is 38.1 Å². The highest BCUT2D eigenvalue weighted by atomic mass is 32.1. The van der Waals surface area contributed by atoms with Gasteiger partial charge in [0.2, 0.25) is 0 Å². The van der Waals surface area contributed by atoms with Gasteiger partial charge in [-0.25, -0.2) is 4.98 Å². The van der Waals surface area contributed by atoms with Gasteiger partial charge in [0.25, 0.3) is 0 Å². The normalized spacial score (nSPS) is 12.7. The molecule has 0 spiro atoms. The predicted molar refractivity (Wildman–Crippen MR) is 102 cm³/mol. The van der Waals surface area contributed by atoms with Gasteiger partial charge in [-0.15, -0.1) is 11.3 Å². The van der Waals surface area contributed by atoms with Crippen LogP contribution in [0.2, 0.25) is 0 Å². The van der Waals surface area contributed by atoms with Crippen LogP contribution in [-0.2, 0) is 6.42 Å². The van der Waals surface area contributed by atoms with E-state index in [-0.39, 0.29) is 5.92 Å². The minimum Gasteiger partial charge on any atom is -0.493 e. The van der Waals surface area contributed by atoms with E-state index < -0.39 is 0 Å². The monoisotopic (exact) mass is 340 g/mol. The predicted octanol–water partition coefficient (Wildman–Crippen LogP) is 4.62. The Morgan fingerprint density at radius 2 is 1.83 bits per heavy atom. The Hall–Kier alpha value is -1.91. The third-order valence-corrected chi connectivity index (χ3v) is 5.13. The van der Waals surface area contributed by atoms with Crippen LogP contribution in [0.4, 0.5) is 0 Å². The summed E-state index contributed by atoms with van der Waals surface area (Å²) in [6.07, 6.45) is 0.904. The average molecular weight is 340 g/mol. The quantitative estimate of drug-likeness (QED) is 0.683. The van der Waals surface area contributed by atoms with E-state index in [0.29, 0.717) is 12.5 Å². The molecule has 4 heteroatoms. The number of nitrogens with zero attached hydrogens (tertiary/aromatic N) is 1. The van der Waals surface area contributed by atoms with E-state index in [1.54, 1.807) is 11.3 Å². The number of fused-ring (bicyclic) bond motifs is 1. The molecule has 126 valence electrons. The van der Waals surface area contributed by atoms with Gasteiger partial charge in [0, 0.05) is 12.5 Å². The van der Waals surface area contributed by atoms with E-state index >= 15 is 0 Å².